The second-order valence-corrected chi connectivity index (χ2v) is 2.55. The fraction of sp³-hybridized carbons (Fsp3) is 1.00. The van der Waals surface area contributed by atoms with Gasteiger partial charge >= 0.3 is 0 Å². The molecule has 4 heteroatoms. The van der Waals surface area contributed by atoms with Crippen LogP contribution in [-0.2, 0) is 0 Å². The summed E-state index contributed by atoms with van der Waals surface area (Å²) in [6.07, 6.45) is 4.88. The van der Waals surface area contributed by atoms with Crippen molar-refractivity contribution >= 4 is 0 Å². The van der Waals surface area contributed by atoms with Crippen LogP contribution in [0.5, 0.6) is 0 Å². The van der Waals surface area contributed by atoms with E-state index in [1.54, 1.807) is 0 Å². The van der Waals surface area contributed by atoms with Crippen LogP contribution in [0, 0.1) is 0 Å². The summed E-state index contributed by atoms with van der Waals surface area (Å²) >= 11 is 0. The molecule has 0 saturated carbocycles. The minimum Gasteiger partial charge on any atom is -0.248 e. The highest BCUT2D eigenvalue weighted by Gasteiger charge is 2.07. The van der Waals surface area contributed by atoms with Crippen molar-refractivity contribution in [3.8, 4) is 0 Å². The van der Waals surface area contributed by atoms with E-state index in [0.717, 1.165) is 13.1 Å². The molecule has 0 aromatic rings. The van der Waals surface area contributed by atoms with Crippen LogP contribution in [0.15, 0.2) is 5.22 Å². The molecule has 4 nitrogen and oxygen atoms in total. The molecule has 0 spiro atoms. The smallest absolute Gasteiger partial charge is 0.0884 e. The molecule has 1 aliphatic heterocycles. The average molecular weight is 140 g/mol. The van der Waals surface area contributed by atoms with Crippen LogP contribution < -0.4 is 0 Å². The van der Waals surface area contributed by atoms with Gasteiger partial charge < -0.3 is 0 Å². The molecule has 1 heterocycles. The Bertz CT molecular complexity index is 131. The summed E-state index contributed by atoms with van der Waals surface area (Å²) in [4.78, 5) is 2.75. The lowest BCUT2D eigenvalue weighted by molar-refractivity contribution is 0.295. The van der Waals surface area contributed by atoms with Gasteiger partial charge in [-0.3, -0.25) is 0 Å². The molecule has 0 atom stereocenters. The van der Waals surface area contributed by atoms with Gasteiger partial charge in [-0.25, -0.2) is 5.01 Å². The zero-order chi connectivity index (χ0) is 7.23. The Hall–Kier alpha value is -0.890. The van der Waals surface area contributed by atoms with Crippen molar-refractivity contribution in [1.29, 1.82) is 0 Å². The predicted octanol–water partition coefficient (Wildman–Crippen LogP) is 2.09. The molecule has 0 N–H and O–H groups in total. The van der Waals surface area contributed by atoms with E-state index in [9.17, 15) is 0 Å². The molecule has 0 radical (unpaired) electrons. The number of hydrogen-bond acceptors (Lipinski definition) is 1. The van der Waals surface area contributed by atoms with Crippen LogP contribution in [0.4, 0.5) is 0 Å². The van der Waals surface area contributed by atoms with Gasteiger partial charge in [-0.1, -0.05) is 0 Å². The molecule has 1 rings (SSSR count). The van der Waals surface area contributed by atoms with Crippen molar-refractivity contribution in [3.63, 3.8) is 0 Å². The largest absolute Gasteiger partial charge is 0.248 e. The van der Waals surface area contributed by atoms with Gasteiger partial charge in [0.1, 0.15) is 0 Å². The first kappa shape index (κ1) is 7.22. The van der Waals surface area contributed by atoms with Crippen molar-refractivity contribution in [3.05, 3.63) is 10.4 Å². The van der Waals surface area contributed by atoms with Crippen molar-refractivity contribution in [2.45, 2.75) is 25.7 Å². The van der Waals surface area contributed by atoms with Crippen LogP contribution in [0.1, 0.15) is 25.7 Å². The van der Waals surface area contributed by atoms with Crippen LogP contribution in [-0.4, -0.2) is 18.1 Å². The van der Waals surface area contributed by atoms with Crippen molar-refractivity contribution in [2.75, 3.05) is 13.1 Å². The molecule has 0 amide bonds. The molecular formula is C6H12N4. The Labute approximate surface area is 60.4 Å². The van der Waals surface area contributed by atoms with Crippen LogP contribution in [0.2, 0.25) is 0 Å². The third kappa shape index (κ3) is 2.15. The number of nitrogens with zero attached hydrogens (tertiary/aromatic N) is 4. The molecule has 1 saturated heterocycles. The molecule has 1 fully saturated rings. The molecular weight excluding hydrogens is 128 g/mol. The maximum absolute atomic E-state index is 8.13. The fourth-order valence-electron chi connectivity index (χ4n) is 1.20. The first-order chi connectivity index (χ1) is 4.93. The van der Waals surface area contributed by atoms with Gasteiger partial charge in [-0.2, -0.15) is 4.91 Å². The zero-order valence-corrected chi connectivity index (χ0v) is 6.03. The zero-order valence-electron chi connectivity index (χ0n) is 6.03. The molecule has 0 bridgehead atoms. The lowest BCUT2D eigenvalue weighted by Crippen LogP contribution is -2.16. The highest BCUT2D eigenvalue weighted by molar-refractivity contribution is 4.59. The summed E-state index contributed by atoms with van der Waals surface area (Å²) < 4.78 is 0. The lowest BCUT2D eigenvalue weighted by Gasteiger charge is -2.08. The number of hydrogen-bond donors (Lipinski definition) is 0. The summed E-state index contributed by atoms with van der Waals surface area (Å²) in [6.45, 7) is 1.87. The summed E-state index contributed by atoms with van der Waals surface area (Å²) in [7, 11) is 0. The SMILES string of the molecule is [N-]=[N+]=NN1CCCCCC1. The Kier molecular flexibility index (Phi) is 2.90. The second kappa shape index (κ2) is 4.01. The summed E-state index contributed by atoms with van der Waals surface area (Å²) in [6, 6.07) is 0. The summed E-state index contributed by atoms with van der Waals surface area (Å²) in [5.41, 5.74) is 8.13. The topological polar surface area (TPSA) is 52.0 Å². The van der Waals surface area contributed by atoms with Crippen LogP contribution in [0.3, 0.4) is 0 Å². The molecule has 0 aromatic carbocycles. The third-order valence-electron chi connectivity index (χ3n) is 1.75. The average Bonchev–Trinajstić information content (AvgIpc) is 2.17. The third-order valence-corrected chi connectivity index (χ3v) is 1.75. The Morgan fingerprint density at radius 2 is 1.70 bits per heavy atom. The van der Waals surface area contributed by atoms with Crippen LogP contribution in [0.25, 0.3) is 10.4 Å². The van der Waals surface area contributed by atoms with Crippen molar-refractivity contribution < 1.29 is 0 Å². The minimum absolute atomic E-state index is 0.935. The van der Waals surface area contributed by atoms with E-state index in [-0.39, 0.29) is 0 Å². The van der Waals surface area contributed by atoms with E-state index < -0.39 is 0 Å². The van der Waals surface area contributed by atoms with Gasteiger partial charge in [0.25, 0.3) is 0 Å². The van der Waals surface area contributed by atoms with Crippen molar-refractivity contribution in [2.24, 2.45) is 5.22 Å². The standard InChI is InChI=1S/C6H12N4/c7-8-9-10-5-3-1-2-4-6-10/h1-6H2. The van der Waals surface area contributed by atoms with Crippen LogP contribution >= 0.6 is 0 Å². The number of rotatable bonds is 1. The molecule has 10 heavy (non-hydrogen) atoms. The fourth-order valence-corrected chi connectivity index (χ4v) is 1.20. The summed E-state index contributed by atoms with van der Waals surface area (Å²) in [5, 5.41) is 5.37. The Balaban J connectivity index is 2.34. The first-order valence-corrected chi connectivity index (χ1v) is 3.73. The van der Waals surface area contributed by atoms with E-state index in [1.807, 2.05) is 5.01 Å². The maximum atomic E-state index is 8.13. The van der Waals surface area contributed by atoms with E-state index in [4.69, 9.17) is 5.53 Å². The van der Waals surface area contributed by atoms with E-state index in [2.05, 4.69) is 10.1 Å². The van der Waals surface area contributed by atoms with Gasteiger partial charge in [0, 0.05) is 0 Å². The van der Waals surface area contributed by atoms with Gasteiger partial charge in [0.2, 0.25) is 0 Å². The van der Waals surface area contributed by atoms with Gasteiger partial charge in [0.15, 0.2) is 0 Å². The minimum atomic E-state index is 0.935. The Morgan fingerprint density at radius 3 is 2.20 bits per heavy atom. The maximum Gasteiger partial charge on any atom is 0.0884 e. The molecule has 0 aliphatic carbocycles. The van der Waals surface area contributed by atoms with Gasteiger partial charge in [-0.15, -0.1) is 5.53 Å². The molecule has 56 valence electrons. The normalized spacial score (nSPS) is 19.4. The van der Waals surface area contributed by atoms with E-state index in [0.29, 0.717) is 0 Å². The molecule has 0 unspecified atom stereocenters. The predicted molar refractivity (Wildman–Crippen MR) is 39.2 cm³/mol. The Morgan fingerprint density at radius 1 is 1.10 bits per heavy atom. The van der Waals surface area contributed by atoms with E-state index >= 15 is 0 Å². The highest BCUT2D eigenvalue weighted by Crippen LogP contribution is 2.09. The summed E-state index contributed by atoms with van der Waals surface area (Å²) in [5.74, 6) is 0. The van der Waals surface area contributed by atoms with Gasteiger partial charge in [-0.05, 0) is 30.9 Å². The monoisotopic (exact) mass is 140 g/mol. The van der Waals surface area contributed by atoms with Crippen molar-refractivity contribution in [1.82, 2.24) is 5.01 Å². The number of azide groups is 1. The second-order valence-electron chi connectivity index (χ2n) is 2.55. The first-order valence-electron chi connectivity index (χ1n) is 3.73. The van der Waals surface area contributed by atoms with Gasteiger partial charge in [0.05, 0.1) is 13.1 Å². The quantitative estimate of drug-likeness (QED) is 0.312. The lowest BCUT2D eigenvalue weighted by atomic mass is 10.2. The van der Waals surface area contributed by atoms with E-state index in [1.165, 1.54) is 25.7 Å². The highest BCUT2D eigenvalue weighted by atomic mass is 15.5. The molecule has 1 aliphatic rings. The molecule has 0 aromatic heterocycles.